The van der Waals surface area contributed by atoms with Crippen LogP contribution in [-0.4, -0.2) is 78.6 Å². The van der Waals surface area contributed by atoms with Crippen LogP contribution in [0.3, 0.4) is 0 Å². The predicted octanol–water partition coefficient (Wildman–Crippen LogP) is 0.0196. The van der Waals surface area contributed by atoms with Crippen molar-refractivity contribution in [2.45, 2.75) is 6.42 Å². The SMILES string of the molecule is CS(=O)(=O)N1CCN(C(=O)C2CC(=O)N(c3n[nH]c4ccccc34)C2)CC1. The third-order valence-corrected chi connectivity index (χ3v) is 6.50. The predicted molar refractivity (Wildman–Crippen MR) is 99.6 cm³/mol. The summed E-state index contributed by atoms with van der Waals surface area (Å²) in [7, 11) is -3.24. The summed E-state index contributed by atoms with van der Waals surface area (Å²) >= 11 is 0. The average Bonchev–Trinajstić information content (AvgIpc) is 3.24. The Labute approximate surface area is 157 Å². The number of sulfonamides is 1. The zero-order valence-electron chi connectivity index (χ0n) is 15.0. The van der Waals surface area contributed by atoms with E-state index < -0.39 is 15.9 Å². The maximum Gasteiger partial charge on any atom is 0.229 e. The number of anilines is 1. The van der Waals surface area contributed by atoms with E-state index in [0.29, 0.717) is 38.5 Å². The van der Waals surface area contributed by atoms with Gasteiger partial charge in [-0.15, -0.1) is 0 Å². The van der Waals surface area contributed by atoms with Crippen LogP contribution in [0.25, 0.3) is 10.9 Å². The molecule has 2 saturated heterocycles. The first-order chi connectivity index (χ1) is 12.8. The normalized spacial score (nSPS) is 22.0. The average molecular weight is 391 g/mol. The van der Waals surface area contributed by atoms with Crippen LogP contribution in [0.15, 0.2) is 24.3 Å². The Hall–Kier alpha value is -2.46. The molecule has 1 atom stereocenters. The van der Waals surface area contributed by atoms with E-state index in [9.17, 15) is 18.0 Å². The molecule has 1 aromatic carbocycles. The molecule has 10 heteroatoms. The van der Waals surface area contributed by atoms with Crippen LogP contribution in [0.2, 0.25) is 0 Å². The molecule has 2 fully saturated rings. The highest BCUT2D eigenvalue weighted by atomic mass is 32.2. The van der Waals surface area contributed by atoms with Gasteiger partial charge >= 0.3 is 0 Å². The number of amides is 2. The molecule has 0 radical (unpaired) electrons. The molecule has 1 N–H and O–H groups in total. The number of benzene rings is 1. The van der Waals surface area contributed by atoms with Crippen molar-refractivity contribution in [3.05, 3.63) is 24.3 Å². The molecule has 4 rings (SSSR count). The smallest absolute Gasteiger partial charge is 0.229 e. The number of hydrogen-bond acceptors (Lipinski definition) is 5. The van der Waals surface area contributed by atoms with Gasteiger partial charge in [0.15, 0.2) is 5.82 Å². The first-order valence-electron chi connectivity index (χ1n) is 8.82. The Morgan fingerprint density at radius 1 is 1.19 bits per heavy atom. The Bertz CT molecular complexity index is 994. The number of hydrogen-bond donors (Lipinski definition) is 1. The maximum absolute atomic E-state index is 12.8. The van der Waals surface area contributed by atoms with Gasteiger partial charge in [0.25, 0.3) is 0 Å². The maximum atomic E-state index is 12.8. The van der Waals surface area contributed by atoms with Gasteiger partial charge in [-0.05, 0) is 12.1 Å². The lowest BCUT2D eigenvalue weighted by Crippen LogP contribution is -2.51. The van der Waals surface area contributed by atoms with Gasteiger partial charge in [0.1, 0.15) is 0 Å². The number of piperazine rings is 1. The summed E-state index contributed by atoms with van der Waals surface area (Å²) in [6.45, 7) is 1.57. The molecule has 0 spiro atoms. The quantitative estimate of drug-likeness (QED) is 0.794. The molecule has 2 aromatic rings. The molecule has 3 heterocycles. The van der Waals surface area contributed by atoms with E-state index in [-0.39, 0.29) is 18.2 Å². The lowest BCUT2D eigenvalue weighted by atomic mass is 10.1. The fourth-order valence-corrected chi connectivity index (χ4v) is 4.56. The van der Waals surface area contributed by atoms with Gasteiger partial charge in [0.2, 0.25) is 21.8 Å². The first kappa shape index (κ1) is 17.9. The number of aromatic nitrogens is 2. The number of aromatic amines is 1. The minimum atomic E-state index is -3.24. The van der Waals surface area contributed by atoms with Crippen molar-refractivity contribution in [2.24, 2.45) is 5.92 Å². The van der Waals surface area contributed by atoms with E-state index in [1.165, 1.54) is 10.6 Å². The van der Waals surface area contributed by atoms with E-state index in [1.54, 1.807) is 9.80 Å². The van der Waals surface area contributed by atoms with Gasteiger partial charge in [-0.25, -0.2) is 8.42 Å². The second-order valence-corrected chi connectivity index (χ2v) is 8.97. The van der Waals surface area contributed by atoms with Crippen LogP contribution in [0.4, 0.5) is 5.82 Å². The fraction of sp³-hybridized carbons (Fsp3) is 0.471. The van der Waals surface area contributed by atoms with Crippen LogP contribution in [-0.2, 0) is 19.6 Å². The summed E-state index contributed by atoms with van der Waals surface area (Å²) < 4.78 is 24.6. The third-order valence-electron chi connectivity index (χ3n) is 5.20. The molecular weight excluding hydrogens is 370 g/mol. The zero-order chi connectivity index (χ0) is 19.2. The van der Waals surface area contributed by atoms with E-state index in [0.717, 1.165) is 10.9 Å². The number of fused-ring (bicyclic) bond motifs is 1. The standard InChI is InChI=1S/C17H21N5O4S/c1-27(25,26)21-8-6-20(7-9-21)17(24)12-10-15(23)22(11-12)16-13-4-2-3-5-14(13)18-19-16/h2-5,12H,6-11H2,1H3,(H,18,19). The van der Waals surface area contributed by atoms with Gasteiger partial charge in [-0.3, -0.25) is 19.6 Å². The zero-order valence-corrected chi connectivity index (χ0v) is 15.8. The van der Waals surface area contributed by atoms with Gasteiger partial charge in [-0.1, -0.05) is 12.1 Å². The molecule has 27 heavy (non-hydrogen) atoms. The molecular formula is C17H21N5O4S. The van der Waals surface area contributed by atoms with Crippen molar-refractivity contribution in [1.29, 1.82) is 0 Å². The highest BCUT2D eigenvalue weighted by Crippen LogP contribution is 2.30. The van der Waals surface area contributed by atoms with Crippen LogP contribution in [0.1, 0.15) is 6.42 Å². The van der Waals surface area contributed by atoms with Crippen molar-refractivity contribution in [1.82, 2.24) is 19.4 Å². The third kappa shape index (κ3) is 3.30. The minimum absolute atomic E-state index is 0.0983. The number of nitrogens with zero attached hydrogens (tertiary/aromatic N) is 4. The Balaban J connectivity index is 1.46. The largest absolute Gasteiger partial charge is 0.340 e. The Morgan fingerprint density at radius 3 is 2.59 bits per heavy atom. The summed E-state index contributed by atoms with van der Waals surface area (Å²) in [6.07, 6.45) is 1.32. The number of rotatable bonds is 3. The summed E-state index contributed by atoms with van der Waals surface area (Å²) in [5.41, 5.74) is 0.840. The molecule has 2 aliphatic rings. The number of nitrogens with one attached hydrogen (secondary N) is 1. The summed E-state index contributed by atoms with van der Waals surface area (Å²) in [5.74, 6) is -0.107. The Morgan fingerprint density at radius 2 is 1.89 bits per heavy atom. The monoisotopic (exact) mass is 391 g/mol. The lowest BCUT2D eigenvalue weighted by Gasteiger charge is -2.34. The van der Waals surface area contributed by atoms with Crippen LogP contribution in [0, 0.1) is 5.92 Å². The molecule has 2 aliphatic heterocycles. The number of carbonyl (C=O) groups is 2. The van der Waals surface area contributed by atoms with Gasteiger partial charge < -0.3 is 4.90 Å². The second kappa shape index (κ2) is 6.61. The van der Waals surface area contributed by atoms with E-state index >= 15 is 0 Å². The number of para-hydroxylation sites is 1. The fourth-order valence-electron chi connectivity index (χ4n) is 3.73. The summed E-state index contributed by atoms with van der Waals surface area (Å²) in [6, 6.07) is 7.54. The minimum Gasteiger partial charge on any atom is -0.340 e. The lowest BCUT2D eigenvalue weighted by molar-refractivity contribution is -0.136. The molecule has 0 saturated carbocycles. The highest BCUT2D eigenvalue weighted by Gasteiger charge is 2.39. The molecule has 2 amide bonds. The van der Waals surface area contributed by atoms with Crippen molar-refractivity contribution in [3.8, 4) is 0 Å². The molecule has 0 aliphatic carbocycles. The van der Waals surface area contributed by atoms with Gasteiger partial charge in [0.05, 0.1) is 17.7 Å². The van der Waals surface area contributed by atoms with Crippen molar-refractivity contribution >= 4 is 38.6 Å². The van der Waals surface area contributed by atoms with Crippen molar-refractivity contribution in [2.75, 3.05) is 43.9 Å². The van der Waals surface area contributed by atoms with Crippen LogP contribution >= 0.6 is 0 Å². The molecule has 9 nitrogen and oxygen atoms in total. The van der Waals surface area contributed by atoms with Crippen molar-refractivity contribution in [3.63, 3.8) is 0 Å². The van der Waals surface area contributed by atoms with Gasteiger partial charge in [-0.2, -0.15) is 9.40 Å². The molecule has 144 valence electrons. The number of carbonyl (C=O) groups excluding carboxylic acids is 2. The van der Waals surface area contributed by atoms with Crippen LogP contribution < -0.4 is 4.90 Å². The molecule has 0 bridgehead atoms. The summed E-state index contributed by atoms with van der Waals surface area (Å²) in [5, 5.41) is 8.01. The second-order valence-electron chi connectivity index (χ2n) is 6.99. The van der Waals surface area contributed by atoms with E-state index in [2.05, 4.69) is 10.2 Å². The molecule has 1 unspecified atom stereocenters. The van der Waals surface area contributed by atoms with Crippen molar-refractivity contribution < 1.29 is 18.0 Å². The Kier molecular flexibility index (Phi) is 4.39. The highest BCUT2D eigenvalue weighted by molar-refractivity contribution is 7.88. The van der Waals surface area contributed by atoms with Crippen LogP contribution in [0.5, 0.6) is 0 Å². The number of H-pyrrole nitrogens is 1. The topological polar surface area (TPSA) is 107 Å². The van der Waals surface area contributed by atoms with E-state index in [1.807, 2.05) is 24.3 Å². The van der Waals surface area contributed by atoms with E-state index in [4.69, 9.17) is 0 Å². The molecule has 1 aromatic heterocycles. The first-order valence-corrected chi connectivity index (χ1v) is 10.7. The van der Waals surface area contributed by atoms with Gasteiger partial charge in [0, 0.05) is 44.5 Å². The summed E-state index contributed by atoms with van der Waals surface area (Å²) in [4.78, 5) is 28.6.